The Hall–Kier alpha value is -2.84. The van der Waals surface area contributed by atoms with Crippen molar-refractivity contribution in [2.45, 2.75) is 0 Å². The number of nitrogens with one attached hydrogen (secondary N) is 1. The maximum atomic E-state index is 10.4. The van der Waals surface area contributed by atoms with Crippen LogP contribution >= 0.6 is 0 Å². The molecule has 0 bridgehead atoms. The highest BCUT2D eigenvalue weighted by Crippen LogP contribution is 2.17. The molecule has 1 aromatic rings. The lowest BCUT2D eigenvalue weighted by Crippen LogP contribution is -2.32. The second kappa shape index (κ2) is 5.30. The Morgan fingerprint density at radius 2 is 1.82 bits per heavy atom. The van der Waals surface area contributed by atoms with E-state index in [1.807, 2.05) is 0 Å². The normalized spacial score (nSPS) is 10.7. The fourth-order valence-electron chi connectivity index (χ4n) is 0.935. The van der Waals surface area contributed by atoms with E-state index in [-0.39, 0.29) is 17.6 Å². The lowest BCUT2D eigenvalue weighted by atomic mass is 10.3. The molecular formula is C8H11N7O2. The van der Waals surface area contributed by atoms with Gasteiger partial charge in [0.15, 0.2) is 0 Å². The molecule has 0 aliphatic heterocycles. The molecule has 9 nitrogen and oxygen atoms in total. The zero-order chi connectivity index (χ0) is 12.8. The van der Waals surface area contributed by atoms with Gasteiger partial charge in [-0.25, -0.2) is 10.4 Å². The number of aliphatic imine (C=N–C) groups is 1. The maximum absolute atomic E-state index is 10.4. The predicted octanol–water partition coefficient (Wildman–Crippen LogP) is -0.681. The zero-order valence-corrected chi connectivity index (χ0v) is 8.70. The molecule has 90 valence electrons. The van der Waals surface area contributed by atoms with Crippen molar-refractivity contribution in [1.82, 2.24) is 5.43 Å². The Balaban J connectivity index is 2.77. The number of nitrogens with zero attached hydrogens (tertiary/aromatic N) is 3. The van der Waals surface area contributed by atoms with E-state index in [2.05, 4.69) is 15.5 Å². The fraction of sp³-hybridized carbons (Fsp3) is 0. The number of nitro benzene ring substituents is 1. The van der Waals surface area contributed by atoms with Crippen molar-refractivity contribution < 1.29 is 4.92 Å². The van der Waals surface area contributed by atoms with Gasteiger partial charge in [0.1, 0.15) is 0 Å². The molecule has 9 heteroatoms. The van der Waals surface area contributed by atoms with Crippen LogP contribution in [0.1, 0.15) is 0 Å². The average Bonchev–Trinajstić information content (AvgIpc) is 2.27. The van der Waals surface area contributed by atoms with Crippen molar-refractivity contribution in [3.63, 3.8) is 0 Å². The van der Waals surface area contributed by atoms with Gasteiger partial charge < -0.3 is 17.2 Å². The Kier molecular flexibility index (Phi) is 3.81. The van der Waals surface area contributed by atoms with Gasteiger partial charge in [0, 0.05) is 12.1 Å². The van der Waals surface area contributed by atoms with Crippen LogP contribution in [0, 0.1) is 10.1 Å². The first-order valence-corrected chi connectivity index (χ1v) is 4.42. The number of benzene rings is 1. The van der Waals surface area contributed by atoms with Gasteiger partial charge in [0.2, 0.25) is 11.9 Å². The van der Waals surface area contributed by atoms with Crippen molar-refractivity contribution in [3.05, 3.63) is 34.4 Å². The first-order valence-electron chi connectivity index (χ1n) is 4.42. The van der Waals surface area contributed by atoms with Crippen molar-refractivity contribution in [3.8, 4) is 0 Å². The van der Waals surface area contributed by atoms with Gasteiger partial charge in [0.05, 0.1) is 10.6 Å². The number of nitro groups is 1. The highest BCUT2D eigenvalue weighted by Gasteiger charge is 2.03. The van der Waals surface area contributed by atoms with Crippen molar-refractivity contribution >= 4 is 23.3 Å². The Labute approximate surface area is 96.1 Å². The highest BCUT2D eigenvalue weighted by atomic mass is 16.6. The van der Waals surface area contributed by atoms with Crippen LogP contribution in [0.4, 0.5) is 11.4 Å². The van der Waals surface area contributed by atoms with Gasteiger partial charge in [-0.05, 0) is 12.1 Å². The molecule has 0 unspecified atom stereocenters. The monoisotopic (exact) mass is 237 g/mol. The second-order valence-electron chi connectivity index (χ2n) is 2.92. The van der Waals surface area contributed by atoms with Crippen LogP contribution < -0.4 is 22.6 Å². The maximum Gasteiger partial charge on any atom is 0.269 e. The summed E-state index contributed by atoms with van der Waals surface area (Å²) in [5, 5.41) is 13.8. The number of rotatable bonds is 3. The summed E-state index contributed by atoms with van der Waals surface area (Å²) in [7, 11) is 0. The quantitative estimate of drug-likeness (QED) is 0.236. The lowest BCUT2D eigenvalue weighted by Gasteiger charge is -1.99. The number of guanidine groups is 2. The summed E-state index contributed by atoms with van der Waals surface area (Å²) in [6.07, 6.45) is 0. The largest absolute Gasteiger partial charge is 0.369 e. The van der Waals surface area contributed by atoms with Crippen molar-refractivity contribution in [2.24, 2.45) is 27.3 Å². The van der Waals surface area contributed by atoms with E-state index in [4.69, 9.17) is 17.2 Å². The molecule has 0 heterocycles. The number of non-ortho nitro benzene ring substituents is 1. The third kappa shape index (κ3) is 4.03. The summed E-state index contributed by atoms with van der Waals surface area (Å²) in [5.41, 5.74) is 18.3. The molecule has 0 aliphatic rings. The second-order valence-corrected chi connectivity index (χ2v) is 2.92. The lowest BCUT2D eigenvalue weighted by molar-refractivity contribution is -0.384. The molecule has 1 rings (SSSR count). The number of hydrogen-bond acceptors (Lipinski definition) is 4. The van der Waals surface area contributed by atoms with Crippen molar-refractivity contribution in [2.75, 3.05) is 0 Å². The minimum atomic E-state index is -0.505. The SMILES string of the molecule is NC(N)=NNC(N)=Nc1ccc([N+](=O)[O-])cc1. The van der Waals surface area contributed by atoms with Crippen LogP contribution in [0.25, 0.3) is 0 Å². The standard InChI is InChI=1S/C8H11N7O2/c9-7(10)13-14-8(11)12-5-1-3-6(4-2-5)15(16)17/h1-4H,(H4,9,10,13)(H3,11,12,14). The topological polar surface area (TPSA) is 158 Å². The third-order valence-corrected chi connectivity index (χ3v) is 1.61. The molecular weight excluding hydrogens is 226 g/mol. The third-order valence-electron chi connectivity index (χ3n) is 1.61. The van der Waals surface area contributed by atoms with Gasteiger partial charge >= 0.3 is 0 Å². The van der Waals surface area contributed by atoms with Gasteiger partial charge in [-0.1, -0.05) is 0 Å². The van der Waals surface area contributed by atoms with Crippen LogP contribution in [0.15, 0.2) is 34.4 Å². The van der Waals surface area contributed by atoms with Gasteiger partial charge in [-0.15, -0.1) is 5.10 Å². The van der Waals surface area contributed by atoms with Crippen LogP contribution in [-0.4, -0.2) is 16.8 Å². The number of hydrazone groups is 1. The Morgan fingerprint density at radius 1 is 1.24 bits per heavy atom. The highest BCUT2D eigenvalue weighted by molar-refractivity contribution is 5.83. The first kappa shape index (κ1) is 12.2. The van der Waals surface area contributed by atoms with E-state index in [1.165, 1.54) is 24.3 Å². The molecule has 0 aromatic heterocycles. The summed E-state index contributed by atoms with van der Waals surface area (Å²) in [4.78, 5) is 13.8. The van der Waals surface area contributed by atoms with E-state index in [0.29, 0.717) is 5.69 Å². The molecule has 0 amide bonds. The molecule has 0 saturated carbocycles. The molecule has 17 heavy (non-hydrogen) atoms. The zero-order valence-electron chi connectivity index (χ0n) is 8.70. The van der Waals surface area contributed by atoms with E-state index in [0.717, 1.165) is 0 Å². The molecule has 0 fully saturated rings. The number of hydrogen-bond donors (Lipinski definition) is 4. The van der Waals surface area contributed by atoms with Crippen LogP contribution in [0.2, 0.25) is 0 Å². The van der Waals surface area contributed by atoms with Crippen LogP contribution in [0.5, 0.6) is 0 Å². The molecule has 0 atom stereocenters. The molecule has 0 radical (unpaired) electrons. The van der Waals surface area contributed by atoms with Gasteiger partial charge in [-0.2, -0.15) is 0 Å². The molecule has 7 N–H and O–H groups in total. The van der Waals surface area contributed by atoms with E-state index >= 15 is 0 Å². The fourth-order valence-corrected chi connectivity index (χ4v) is 0.935. The average molecular weight is 237 g/mol. The van der Waals surface area contributed by atoms with Crippen molar-refractivity contribution in [1.29, 1.82) is 0 Å². The van der Waals surface area contributed by atoms with Crippen LogP contribution in [0.3, 0.4) is 0 Å². The number of nitrogens with two attached hydrogens (primary N) is 3. The van der Waals surface area contributed by atoms with E-state index in [9.17, 15) is 10.1 Å². The van der Waals surface area contributed by atoms with Gasteiger partial charge in [0.25, 0.3) is 5.69 Å². The summed E-state index contributed by atoms with van der Waals surface area (Å²) < 4.78 is 0. The van der Waals surface area contributed by atoms with Crippen LogP contribution in [-0.2, 0) is 0 Å². The molecule has 0 saturated heterocycles. The first-order chi connectivity index (χ1) is 7.99. The molecule has 1 aromatic carbocycles. The predicted molar refractivity (Wildman–Crippen MR) is 63.3 cm³/mol. The summed E-state index contributed by atoms with van der Waals surface area (Å²) in [5.74, 6) is -0.223. The summed E-state index contributed by atoms with van der Waals surface area (Å²) >= 11 is 0. The Morgan fingerprint density at radius 3 is 2.29 bits per heavy atom. The van der Waals surface area contributed by atoms with E-state index < -0.39 is 4.92 Å². The summed E-state index contributed by atoms with van der Waals surface area (Å²) in [6, 6.07) is 5.52. The Bertz CT molecular complexity index is 461. The minimum Gasteiger partial charge on any atom is -0.369 e. The minimum absolute atomic E-state index is 0.0281. The molecule has 0 spiro atoms. The van der Waals surface area contributed by atoms with E-state index in [1.54, 1.807) is 0 Å². The molecule has 0 aliphatic carbocycles. The summed E-state index contributed by atoms with van der Waals surface area (Å²) in [6.45, 7) is 0. The smallest absolute Gasteiger partial charge is 0.269 e. The van der Waals surface area contributed by atoms with Gasteiger partial charge in [-0.3, -0.25) is 10.1 Å².